The lowest BCUT2D eigenvalue weighted by atomic mass is 9.87. The summed E-state index contributed by atoms with van der Waals surface area (Å²) in [4.78, 5) is 27.5. The van der Waals surface area contributed by atoms with Gasteiger partial charge in [-0.25, -0.2) is 0 Å². The third kappa shape index (κ3) is 2.56. The van der Waals surface area contributed by atoms with Crippen molar-refractivity contribution in [3.05, 3.63) is 0 Å². The van der Waals surface area contributed by atoms with Crippen molar-refractivity contribution in [2.45, 2.75) is 63.5 Å². The molecule has 2 unspecified atom stereocenters. The molecule has 2 saturated heterocycles. The number of carbonyl (C=O) groups excluding carboxylic acids is 2. The highest BCUT2D eigenvalue weighted by Gasteiger charge is 2.53. The number of carbonyl (C=O) groups is 2. The molecule has 2 aliphatic heterocycles. The summed E-state index contributed by atoms with van der Waals surface area (Å²) in [6.07, 6.45) is 6.35. The largest absolute Gasteiger partial charge is 0.381 e. The molecule has 2 heterocycles. The Bertz CT molecular complexity index is 412. The second-order valence-corrected chi connectivity index (χ2v) is 6.73. The zero-order valence-electron chi connectivity index (χ0n) is 12.9. The molecule has 0 radical (unpaired) electrons. The van der Waals surface area contributed by atoms with Crippen LogP contribution in [-0.2, 0) is 14.3 Å². The second kappa shape index (κ2) is 5.95. The van der Waals surface area contributed by atoms with Crippen LogP contribution in [0.25, 0.3) is 0 Å². The molecule has 0 aromatic rings. The predicted octanol–water partition coefficient (Wildman–Crippen LogP) is 1.46. The van der Waals surface area contributed by atoms with E-state index in [0.29, 0.717) is 12.5 Å². The summed E-state index contributed by atoms with van der Waals surface area (Å²) in [5.74, 6) is 0.599. The molecule has 3 aliphatic rings. The van der Waals surface area contributed by atoms with Crippen molar-refractivity contribution in [2.75, 3.05) is 19.8 Å². The monoisotopic (exact) mass is 294 g/mol. The van der Waals surface area contributed by atoms with Crippen molar-refractivity contribution in [3.63, 3.8) is 0 Å². The molecule has 0 aromatic carbocycles. The van der Waals surface area contributed by atoms with Crippen LogP contribution in [0.3, 0.4) is 0 Å². The second-order valence-electron chi connectivity index (χ2n) is 6.73. The molecular formula is C16H26N2O3. The quantitative estimate of drug-likeness (QED) is 0.854. The van der Waals surface area contributed by atoms with E-state index >= 15 is 0 Å². The van der Waals surface area contributed by atoms with Gasteiger partial charge in [0.1, 0.15) is 11.6 Å². The fourth-order valence-electron chi connectivity index (χ4n) is 4.07. The predicted molar refractivity (Wildman–Crippen MR) is 78.7 cm³/mol. The van der Waals surface area contributed by atoms with Crippen LogP contribution in [0, 0.1) is 5.92 Å². The van der Waals surface area contributed by atoms with E-state index in [1.165, 1.54) is 0 Å². The first kappa shape index (κ1) is 14.8. The van der Waals surface area contributed by atoms with E-state index in [0.717, 1.165) is 58.2 Å². The van der Waals surface area contributed by atoms with Gasteiger partial charge in [-0.2, -0.15) is 0 Å². The Balaban J connectivity index is 1.83. The molecule has 2 atom stereocenters. The summed E-state index contributed by atoms with van der Waals surface area (Å²) in [5, 5.41) is 2.99. The number of ether oxygens (including phenoxy) is 1. The Morgan fingerprint density at radius 2 is 2.10 bits per heavy atom. The maximum Gasteiger partial charge on any atom is 0.246 e. The SMILES string of the molecule is CCCC1NC(=O)C2(CCCC2)N(CC2CCOC2)C1=O. The zero-order chi connectivity index (χ0) is 14.9. The Morgan fingerprint density at radius 1 is 1.33 bits per heavy atom. The standard InChI is InChI=1S/C16H26N2O3/c1-2-5-13-14(19)18(10-12-6-9-21-11-12)16(15(20)17-13)7-3-4-8-16/h12-13H,2-11H2,1H3,(H,17,20). The van der Waals surface area contributed by atoms with Gasteiger partial charge in [-0.3, -0.25) is 9.59 Å². The summed E-state index contributed by atoms with van der Waals surface area (Å²) in [5.41, 5.74) is -0.566. The molecule has 2 amide bonds. The number of amides is 2. The van der Waals surface area contributed by atoms with Crippen LogP contribution >= 0.6 is 0 Å². The van der Waals surface area contributed by atoms with Gasteiger partial charge in [0, 0.05) is 19.1 Å². The minimum atomic E-state index is -0.566. The van der Waals surface area contributed by atoms with Crippen molar-refractivity contribution in [2.24, 2.45) is 5.92 Å². The highest BCUT2D eigenvalue weighted by molar-refractivity contribution is 6.00. The summed E-state index contributed by atoms with van der Waals surface area (Å²) in [6.45, 7) is 4.24. The van der Waals surface area contributed by atoms with E-state index in [1.807, 2.05) is 4.90 Å². The third-order valence-electron chi connectivity index (χ3n) is 5.28. The number of nitrogens with zero attached hydrogens (tertiary/aromatic N) is 1. The Kier molecular flexibility index (Phi) is 4.20. The first-order valence-corrected chi connectivity index (χ1v) is 8.37. The minimum Gasteiger partial charge on any atom is -0.381 e. The van der Waals surface area contributed by atoms with Crippen molar-refractivity contribution >= 4 is 11.8 Å². The molecular weight excluding hydrogens is 268 g/mol. The molecule has 118 valence electrons. The van der Waals surface area contributed by atoms with E-state index in [4.69, 9.17) is 4.74 Å². The highest BCUT2D eigenvalue weighted by Crippen LogP contribution is 2.39. The lowest BCUT2D eigenvalue weighted by Gasteiger charge is -2.47. The normalized spacial score (nSPS) is 32.0. The molecule has 3 fully saturated rings. The summed E-state index contributed by atoms with van der Waals surface area (Å²) in [6, 6.07) is -0.323. The van der Waals surface area contributed by atoms with Gasteiger partial charge in [0.25, 0.3) is 0 Å². The Labute approximate surface area is 126 Å². The smallest absolute Gasteiger partial charge is 0.246 e. The molecule has 5 heteroatoms. The average molecular weight is 294 g/mol. The molecule has 1 spiro atoms. The van der Waals surface area contributed by atoms with E-state index in [2.05, 4.69) is 12.2 Å². The van der Waals surface area contributed by atoms with Gasteiger partial charge in [0.15, 0.2) is 0 Å². The van der Waals surface area contributed by atoms with Gasteiger partial charge in [-0.1, -0.05) is 26.2 Å². The van der Waals surface area contributed by atoms with Gasteiger partial charge < -0.3 is 15.0 Å². The van der Waals surface area contributed by atoms with Gasteiger partial charge in [0.2, 0.25) is 11.8 Å². The Morgan fingerprint density at radius 3 is 2.71 bits per heavy atom. The van der Waals surface area contributed by atoms with Crippen LogP contribution < -0.4 is 5.32 Å². The van der Waals surface area contributed by atoms with Crippen molar-refractivity contribution in [3.8, 4) is 0 Å². The molecule has 3 rings (SSSR count). The number of hydrogen-bond acceptors (Lipinski definition) is 3. The van der Waals surface area contributed by atoms with Crippen molar-refractivity contribution in [1.29, 1.82) is 0 Å². The van der Waals surface area contributed by atoms with Crippen LogP contribution in [-0.4, -0.2) is 48.1 Å². The summed E-state index contributed by atoms with van der Waals surface area (Å²) in [7, 11) is 0. The fourth-order valence-corrected chi connectivity index (χ4v) is 4.07. The van der Waals surface area contributed by atoms with Crippen LogP contribution in [0.4, 0.5) is 0 Å². The zero-order valence-corrected chi connectivity index (χ0v) is 12.9. The van der Waals surface area contributed by atoms with E-state index in [9.17, 15) is 9.59 Å². The van der Waals surface area contributed by atoms with Crippen LogP contribution in [0.1, 0.15) is 51.9 Å². The molecule has 1 saturated carbocycles. The van der Waals surface area contributed by atoms with Gasteiger partial charge in [-0.15, -0.1) is 0 Å². The molecule has 0 bridgehead atoms. The Hall–Kier alpha value is -1.10. The fraction of sp³-hybridized carbons (Fsp3) is 0.875. The van der Waals surface area contributed by atoms with Gasteiger partial charge >= 0.3 is 0 Å². The van der Waals surface area contributed by atoms with Crippen LogP contribution in [0.5, 0.6) is 0 Å². The van der Waals surface area contributed by atoms with E-state index in [-0.39, 0.29) is 17.9 Å². The van der Waals surface area contributed by atoms with Gasteiger partial charge in [-0.05, 0) is 25.7 Å². The molecule has 0 aromatic heterocycles. The van der Waals surface area contributed by atoms with E-state index in [1.54, 1.807) is 0 Å². The molecule has 1 aliphatic carbocycles. The van der Waals surface area contributed by atoms with Crippen molar-refractivity contribution < 1.29 is 14.3 Å². The van der Waals surface area contributed by atoms with Crippen LogP contribution in [0.15, 0.2) is 0 Å². The molecule has 21 heavy (non-hydrogen) atoms. The van der Waals surface area contributed by atoms with Crippen LogP contribution in [0.2, 0.25) is 0 Å². The highest BCUT2D eigenvalue weighted by atomic mass is 16.5. The lowest BCUT2D eigenvalue weighted by molar-refractivity contribution is -0.158. The van der Waals surface area contributed by atoms with Crippen molar-refractivity contribution in [1.82, 2.24) is 10.2 Å². The topological polar surface area (TPSA) is 58.6 Å². The number of nitrogens with one attached hydrogen (secondary N) is 1. The number of hydrogen-bond donors (Lipinski definition) is 1. The van der Waals surface area contributed by atoms with Gasteiger partial charge in [0.05, 0.1) is 6.61 Å². The average Bonchev–Trinajstić information content (AvgIpc) is 3.14. The van der Waals surface area contributed by atoms with E-state index < -0.39 is 5.54 Å². The molecule has 5 nitrogen and oxygen atoms in total. The number of rotatable bonds is 4. The first-order chi connectivity index (χ1) is 10.2. The minimum absolute atomic E-state index is 0.0805. The maximum atomic E-state index is 12.9. The summed E-state index contributed by atoms with van der Waals surface area (Å²) < 4.78 is 5.45. The summed E-state index contributed by atoms with van der Waals surface area (Å²) >= 11 is 0. The number of piperazine rings is 1. The molecule has 1 N–H and O–H groups in total. The first-order valence-electron chi connectivity index (χ1n) is 8.37. The lowest BCUT2D eigenvalue weighted by Crippen LogP contribution is -2.70. The maximum absolute atomic E-state index is 12.9. The third-order valence-corrected chi connectivity index (χ3v) is 5.28.